The first kappa shape index (κ1) is 19.2. The van der Waals surface area contributed by atoms with Gasteiger partial charge in [0.05, 0.1) is 11.9 Å². The number of carbonyl (C=O) groups excluding carboxylic acids is 2. The molecule has 9 heteroatoms. The van der Waals surface area contributed by atoms with Crippen LogP contribution in [0.15, 0.2) is 24.3 Å². The van der Waals surface area contributed by atoms with Gasteiger partial charge >= 0.3 is 0 Å². The maximum absolute atomic E-state index is 13.4. The van der Waals surface area contributed by atoms with Gasteiger partial charge in [-0.15, -0.1) is 0 Å². The molecule has 2 rings (SSSR count). The minimum atomic E-state index is -3.64. The Bertz CT molecular complexity index is 746. The lowest BCUT2D eigenvalue weighted by Gasteiger charge is -2.34. The second kappa shape index (κ2) is 7.81. The average Bonchev–Trinajstić information content (AvgIpc) is 2.53. The van der Waals surface area contributed by atoms with E-state index in [0.717, 1.165) is 16.6 Å². The highest BCUT2D eigenvalue weighted by molar-refractivity contribution is 7.92. The summed E-state index contributed by atoms with van der Waals surface area (Å²) in [5.41, 5.74) is 0.191. The molecule has 0 aliphatic carbocycles. The van der Waals surface area contributed by atoms with E-state index in [2.05, 4.69) is 0 Å². The Balaban J connectivity index is 1.99. The van der Waals surface area contributed by atoms with Crippen molar-refractivity contribution in [3.8, 4) is 0 Å². The summed E-state index contributed by atoms with van der Waals surface area (Å²) in [7, 11) is -3.64. The monoisotopic (exact) mass is 371 g/mol. The Kier molecular flexibility index (Phi) is 5.99. The van der Waals surface area contributed by atoms with Crippen LogP contribution in [0.2, 0.25) is 0 Å². The summed E-state index contributed by atoms with van der Waals surface area (Å²) in [6, 6.07) is 5.26. The smallest absolute Gasteiger partial charge is 0.232 e. The van der Waals surface area contributed by atoms with E-state index in [1.165, 1.54) is 25.1 Å². The van der Waals surface area contributed by atoms with Gasteiger partial charge in [0.25, 0.3) is 0 Å². The summed E-state index contributed by atoms with van der Waals surface area (Å²) in [4.78, 5) is 26.9. The van der Waals surface area contributed by atoms with Crippen molar-refractivity contribution >= 4 is 27.5 Å². The molecule has 0 atom stereocenters. The van der Waals surface area contributed by atoms with Crippen LogP contribution in [0.25, 0.3) is 0 Å². The summed E-state index contributed by atoms with van der Waals surface area (Å²) >= 11 is 0. The topological polar surface area (TPSA) is 78.0 Å². The molecule has 0 bridgehead atoms. The summed E-state index contributed by atoms with van der Waals surface area (Å²) in [5.74, 6) is -0.757. The molecule has 1 heterocycles. The normalized spacial score (nSPS) is 15.2. The number of nitrogens with zero attached hydrogens (tertiary/aromatic N) is 3. The summed E-state index contributed by atoms with van der Waals surface area (Å²) in [5, 5.41) is 0. The zero-order valence-corrected chi connectivity index (χ0v) is 15.1. The molecule has 0 spiro atoms. The average molecular weight is 371 g/mol. The van der Waals surface area contributed by atoms with E-state index in [1.807, 2.05) is 0 Å². The van der Waals surface area contributed by atoms with E-state index >= 15 is 0 Å². The van der Waals surface area contributed by atoms with Crippen LogP contribution in [0.1, 0.15) is 13.3 Å². The fourth-order valence-corrected chi connectivity index (χ4v) is 3.66. The molecule has 1 fully saturated rings. The highest BCUT2D eigenvalue weighted by atomic mass is 32.2. The lowest BCUT2D eigenvalue weighted by atomic mass is 10.2. The van der Waals surface area contributed by atoms with Crippen LogP contribution in [-0.4, -0.2) is 69.0 Å². The Morgan fingerprint density at radius 2 is 1.76 bits per heavy atom. The molecule has 1 aliphatic rings. The van der Waals surface area contributed by atoms with Gasteiger partial charge in [-0.1, -0.05) is 6.07 Å². The van der Waals surface area contributed by atoms with Crippen molar-refractivity contribution in [1.82, 2.24) is 9.80 Å². The van der Waals surface area contributed by atoms with Crippen molar-refractivity contribution in [3.05, 3.63) is 30.1 Å². The van der Waals surface area contributed by atoms with Gasteiger partial charge in [-0.2, -0.15) is 0 Å². The van der Waals surface area contributed by atoms with Gasteiger partial charge in [-0.25, -0.2) is 12.8 Å². The lowest BCUT2D eigenvalue weighted by Crippen LogP contribution is -2.50. The first-order valence-corrected chi connectivity index (χ1v) is 9.80. The minimum Gasteiger partial charge on any atom is -0.339 e. The predicted molar refractivity (Wildman–Crippen MR) is 92.0 cm³/mol. The number of hydrogen-bond donors (Lipinski definition) is 0. The SMILES string of the molecule is CC(=O)N1CCN(C(=O)CCN(c2cccc(F)c2)S(C)(=O)=O)CC1. The van der Waals surface area contributed by atoms with Crippen molar-refractivity contribution < 1.29 is 22.4 Å². The van der Waals surface area contributed by atoms with E-state index in [9.17, 15) is 22.4 Å². The lowest BCUT2D eigenvalue weighted by molar-refractivity contribution is -0.138. The summed E-state index contributed by atoms with van der Waals surface area (Å²) in [6.45, 7) is 3.23. The predicted octanol–water partition coefficient (Wildman–Crippen LogP) is 0.673. The molecule has 0 saturated carbocycles. The summed E-state index contributed by atoms with van der Waals surface area (Å²) < 4.78 is 38.4. The van der Waals surface area contributed by atoms with Gasteiger partial charge < -0.3 is 9.80 Å². The van der Waals surface area contributed by atoms with Crippen LogP contribution in [0.5, 0.6) is 0 Å². The molecule has 25 heavy (non-hydrogen) atoms. The van der Waals surface area contributed by atoms with Crippen molar-refractivity contribution in [2.45, 2.75) is 13.3 Å². The maximum Gasteiger partial charge on any atom is 0.232 e. The molecule has 0 radical (unpaired) electrons. The highest BCUT2D eigenvalue weighted by Crippen LogP contribution is 2.19. The van der Waals surface area contributed by atoms with E-state index in [4.69, 9.17) is 0 Å². The van der Waals surface area contributed by atoms with Crippen LogP contribution in [0.3, 0.4) is 0 Å². The third-order valence-corrected chi connectivity index (χ3v) is 5.30. The van der Waals surface area contributed by atoms with Gasteiger partial charge in [0.15, 0.2) is 0 Å². The minimum absolute atomic E-state index is 0.0103. The highest BCUT2D eigenvalue weighted by Gasteiger charge is 2.24. The van der Waals surface area contributed by atoms with Crippen molar-refractivity contribution in [2.75, 3.05) is 43.3 Å². The number of benzene rings is 1. The molecule has 1 aromatic rings. The molecular weight excluding hydrogens is 349 g/mol. The van der Waals surface area contributed by atoms with Crippen molar-refractivity contribution in [3.63, 3.8) is 0 Å². The zero-order valence-electron chi connectivity index (χ0n) is 14.3. The number of sulfonamides is 1. The zero-order chi connectivity index (χ0) is 18.6. The first-order valence-electron chi connectivity index (χ1n) is 7.95. The third kappa shape index (κ3) is 5.15. The molecule has 0 N–H and O–H groups in total. The number of anilines is 1. The Morgan fingerprint density at radius 3 is 2.28 bits per heavy atom. The van der Waals surface area contributed by atoms with E-state index < -0.39 is 15.8 Å². The molecule has 1 saturated heterocycles. The molecule has 7 nitrogen and oxygen atoms in total. The van der Waals surface area contributed by atoms with Gasteiger partial charge in [0.2, 0.25) is 21.8 Å². The van der Waals surface area contributed by atoms with E-state index in [1.54, 1.807) is 9.80 Å². The second-order valence-corrected chi connectivity index (χ2v) is 7.86. The van der Waals surface area contributed by atoms with Crippen LogP contribution in [0.4, 0.5) is 10.1 Å². The number of amides is 2. The first-order chi connectivity index (χ1) is 11.7. The van der Waals surface area contributed by atoms with Crippen molar-refractivity contribution in [1.29, 1.82) is 0 Å². The molecular formula is C16H22FN3O4S. The maximum atomic E-state index is 13.4. The fourth-order valence-electron chi connectivity index (χ4n) is 2.74. The fraction of sp³-hybridized carbons (Fsp3) is 0.500. The van der Waals surface area contributed by atoms with Crippen LogP contribution < -0.4 is 4.31 Å². The quantitative estimate of drug-likeness (QED) is 0.762. The molecule has 0 unspecified atom stereocenters. The Morgan fingerprint density at radius 1 is 1.16 bits per heavy atom. The van der Waals surface area contributed by atoms with E-state index in [0.29, 0.717) is 26.2 Å². The Labute approximate surface area is 147 Å². The molecule has 1 aliphatic heterocycles. The number of halogens is 1. The molecule has 2 amide bonds. The van der Waals surface area contributed by atoms with Crippen molar-refractivity contribution in [2.24, 2.45) is 0 Å². The van der Waals surface area contributed by atoms with Gasteiger partial charge in [-0.05, 0) is 18.2 Å². The van der Waals surface area contributed by atoms with E-state index in [-0.39, 0.29) is 30.5 Å². The van der Waals surface area contributed by atoms with Gasteiger partial charge in [0, 0.05) is 46.1 Å². The van der Waals surface area contributed by atoms with Gasteiger partial charge in [-0.3, -0.25) is 13.9 Å². The molecule has 1 aromatic carbocycles. The number of hydrogen-bond acceptors (Lipinski definition) is 4. The molecule has 0 aromatic heterocycles. The largest absolute Gasteiger partial charge is 0.339 e. The number of rotatable bonds is 5. The number of piperazine rings is 1. The standard InChI is InChI=1S/C16H22FN3O4S/c1-13(21)18-8-10-19(11-9-18)16(22)6-7-20(25(2,23)24)15-5-3-4-14(17)12-15/h3-5,12H,6-11H2,1-2H3. The number of carbonyl (C=O) groups is 2. The van der Waals surface area contributed by atoms with Crippen LogP contribution in [0, 0.1) is 5.82 Å². The van der Waals surface area contributed by atoms with Crippen LogP contribution in [-0.2, 0) is 19.6 Å². The Hall–Kier alpha value is -2.16. The van der Waals surface area contributed by atoms with Gasteiger partial charge in [0.1, 0.15) is 5.82 Å². The third-order valence-electron chi connectivity index (χ3n) is 4.10. The summed E-state index contributed by atoms with van der Waals surface area (Å²) in [6.07, 6.45) is 1.01. The second-order valence-electron chi connectivity index (χ2n) is 5.95. The molecule has 138 valence electrons. The van der Waals surface area contributed by atoms with Crippen LogP contribution >= 0.6 is 0 Å².